The van der Waals surface area contributed by atoms with Gasteiger partial charge in [-0.25, -0.2) is 4.79 Å². The van der Waals surface area contributed by atoms with Gasteiger partial charge in [-0.05, 0) is 38.5 Å². The van der Waals surface area contributed by atoms with Crippen LogP contribution in [0.5, 0.6) is 5.75 Å². The Kier molecular flexibility index (Phi) is 6.59. The molecular formula is C26H28N4O5. The van der Waals surface area contributed by atoms with Crippen LogP contribution in [0.4, 0.5) is 5.69 Å². The largest absolute Gasteiger partial charge is 0.496 e. The number of carbonyl (C=O) groups is 3. The van der Waals surface area contributed by atoms with E-state index in [2.05, 4.69) is 10.4 Å². The van der Waals surface area contributed by atoms with Gasteiger partial charge in [0.2, 0.25) is 5.91 Å². The zero-order valence-corrected chi connectivity index (χ0v) is 20.2. The van der Waals surface area contributed by atoms with Gasteiger partial charge in [-0.3, -0.25) is 19.2 Å². The number of nitrogens with one attached hydrogen (secondary N) is 1. The number of amides is 2. The number of aromatic nitrogens is 2. The van der Waals surface area contributed by atoms with Crippen LogP contribution in [0.15, 0.2) is 54.6 Å². The van der Waals surface area contributed by atoms with Gasteiger partial charge in [0.05, 0.1) is 20.3 Å². The maximum Gasteiger partial charge on any atom is 0.358 e. The highest BCUT2D eigenvalue weighted by molar-refractivity contribution is 6.12. The van der Waals surface area contributed by atoms with Crippen LogP contribution in [-0.4, -0.2) is 46.8 Å². The first-order valence-electron chi connectivity index (χ1n) is 11.4. The minimum absolute atomic E-state index is 0.0265. The van der Waals surface area contributed by atoms with Gasteiger partial charge in [0.1, 0.15) is 17.0 Å². The second-order valence-electron chi connectivity index (χ2n) is 8.49. The Hall–Kier alpha value is -4.14. The van der Waals surface area contributed by atoms with E-state index in [0.717, 1.165) is 11.1 Å². The summed E-state index contributed by atoms with van der Waals surface area (Å²) >= 11 is 0. The van der Waals surface area contributed by atoms with Gasteiger partial charge >= 0.3 is 5.97 Å². The molecule has 2 amide bonds. The Labute approximate surface area is 203 Å². The van der Waals surface area contributed by atoms with E-state index < -0.39 is 17.4 Å². The first-order valence-corrected chi connectivity index (χ1v) is 11.4. The lowest BCUT2D eigenvalue weighted by Crippen LogP contribution is -2.64. The number of para-hydroxylation sites is 2. The highest BCUT2D eigenvalue weighted by Crippen LogP contribution is 2.34. The van der Waals surface area contributed by atoms with E-state index in [0.29, 0.717) is 11.4 Å². The van der Waals surface area contributed by atoms with Crippen molar-refractivity contribution in [2.75, 3.05) is 18.6 Å². The number of benzene rings is 2. The van der Waals surface area contributed by atoms with Crippen molar-refractivity contribution >= 4 is 23.5 Å². The average molecular weight is 477 g/mol. The summed E-state index contributed by atoms with van der Waals surface area (Å²) in [4.78, 5) is 41.2. The number of carbonyl (C=O) groups excluding carboxylic acids is 3. The van der Waals surface area contributed by atoms with Crippen molar-refractivity contribution in [3.05, 3.63) is 77.1 Å². The van der Waals surface area contributed by atoms with E-state index in [1.165, 1.54) is 15.6 Å². The van der Waals surface area contributed by atoms with Gasteiger partial charge in [0.25, 0.3) is 5.91 Å². The fourth-order valence-electron chi connectivity index (χ4n) is 4.29. The molecule has 0 radical (unpaired) electrons. The summed E-state index contributed by atoms with van der Waals surface area (Å²) < 4.78 is 11.8. The number of hydrogen-bond acceptors (Lipinski definition) is 6. The van der Waals surface area contributed by atoms with E-state index in [4.69, 9.17) is 9.47 Å². The molecule has 0 saturated heterocycles. The molecule has 1 atom stereocenters. The molecule has 1 N–H and O–H groups in total. The van der Waals surface area contributed by atoms with Crippen molar-refractivity contribution in [1.82, 2.24) is 15.1 Å². The molecular weight excluding hydrogens is 448 g/mol. The van der Waals surface area contributed by atoms with E-state index in [1.807, 2.05) is 49.4 Å². The molecule has 9 heteroatoms. The lowest BCUT2D eigenvalue weighted by molar-refractivity contribution is -0.126. The Morgan fingerprint density at radius 3 is 2.57 bits per heavy atom. The number of fused-ring (bicyclic) bond motifs is 1. The summed E-state index contributed by atoms with van der Waals surface area (Å²) in [5.74, 6) is -0.753. The Morgan fingerprint density at radius 2 is 1.86 bits per heavy atom. The summed E-state index contributed by atoms with van der Waals surface area (Å²) in [6.07, 6.45) is 0. The lowest BCUT2D eigenvalue weighted by atomic mass is 9.93. The average Bonchev–Trinajstić information content (AvgIpc) is 3.28. The minimum Gasteiger partial charge on any atom is -0.496 e. The van der Waals surface area contributed by atoms with E-state index in [9.17, 15) is 14.4 Å². The van der Waals surface area contributed by atoms with Crippen LogP contribution in [0.25, 0.3) is 0 Å². The predicted octanol–water partition coefficient (Wildman–Crippen LogP) is 3.11. The summed E-state index contributed by atoms with van der Waals surface area (Å²) in [5, 5.41) is 7.25. The van der Waals surface area contributed by atoms with Gasteiger partial charge in [0, 0.05) is 23.9 Å². The molecule has 1 aliphatic rings. The Morgan fingerprint density at radius 1 is 1.14 bits per heavy atom. The van der Waals surface area contributed by atoms with Crippen LogP contribution in [0, 0.1) is 6.92 Å². The molecule has 182 valence electrons. The fourth-order valence-corrected chi connectivity index (χ4v) is 4.29. The normalized spacial score (nSPS) is 17.0. The molecule has 4 rings (SSSR count). The molecule has 35 heavy (non-hydrogen) atoms. The molecule has 1 aromatic heterocycles. The zero-order chi connectivity index (χ0) is 25.2. The molecule has 0 bridgehead atoms. The summed E-state index contributed by atoms with van der Waals surface area (Å²) in [6, 6.07) is 16.2. The van der Waals surface area contributed by atoms with Gasteiger partial charge in [-0.15, -0.1) is 0 Å². The van der Waals surface area contributed by atoms with Crippen molar-refractivity contribution in [2.45, 2.75) is 39.4 Å². The third-order valence-corrected chi connectivity index (χ3v) is 6.12. The van der Waals surface area contributed by atoms with Crippen LogP contribution in [0.3, 0.4) is 0 Å². The van der Waals surface area contributed by atoms with Crippen molar-refractivity contribution in [3.8, 4) is 5.75 Å². The van der Waals surface area contributed by atoms with Crippen molar-refractivity contribution in [1.29, 1.82) is 0 Å². The number of nitrogens with zero attached hydrogens (tertiary/aromatic N) is 3. The monoisotopic (exact) mass is 476 g/mol. The van der Waals surface area contributed by atoms with Crippen molar-refractivity contribution in [3.63, 3.8) is 0 Å². The van der Waals surface area contributed by atoms with Crippen LogP contribution in [-0.2, 0) is 22.6 Å². The molecule has 1 aliphatic heterocycles. The highest BCUT2D eigenvalue weighted by Gasteiger charge is 2.49. The molecule has 2 aromatic carbocycles. The van der Waals surface area contributed by atoms with Gasteiger partial charge < -0.3 is 14.8 Å². The third kappa shape index (κ3) is 4.37. The van der Waals surface area contributed by atoms with Gasteiger partial charge in [-0.2, -0.15) is 5.10 Å². The van der Waals surface area contributed by atoms with Crippen LogP contribution >= 0.6 is 0 Å². The lowest BCUT2D eigenvalue weighted by Gasteiger charge is -2.43. The van der Waals surface area contributed by atoms with Crippen LogP contribution < -0.4 is 15.0 Å². The number of aryl methyl sites for hydroxylation is 1. The van der Waals surface area contributed by atoms with Crippen LogP contribution in [0.2, 0.25) is 0 Å². The topological polar surface area (TPSA) is 103 Å². The summed E-state index contributed by atoms with van der Waals surface area (Å²) in [7, 11) is 1.57. The summed E-state index contributed by atoms with van der Waals surface area (Å²) in [6.45, 7) is 5.73. The van der Waals surface area contributed by atoms with Crippen LogP contribution in [0.1, 0.15) is 46.0 Å². The molecule has 1 unspecified atom stereocenters. The van der Waals surface area contributed by atoms with E-state index in [-0.39, 0.29) is 37.0 Å². The molecule has 2 heterocycles. The van der Waals surface area contributed by atoms with E-state index in [1.54, 1.807) is 27.0 Å². The number of ether oxygens (including phenoxy) is 2. The van der Waals surface area contributed by atoms with E-state index >= 15 is 0 Å². The van der Waals surface area contributed by atoms with Gasteiger partial charge in [0.15, 0.2) is 5.69 Å². The number of anilines is 1. The summed E-state index contributed by atoms with van der Waals surface area (Å²) in [5.41, 5.74) is 1.17. The van der Waals surface area contributed by atoms with Crippen molar-refractivity contribution in [2.24, 2.45) is 0 Å². The molecule has 0 saturated carbocycles. The second-order valence-corrected chi connectivity index (χ2v) is 8.49. The standard InChI is InChI=1S/C26H28N4O5/c1-5-35-24(32)19-14-21-23(31)30(20-12-8-6-10-17(20)2)26(3,16-29(21)28-19)25(33)27-15-18-11-7-9-13-22(18)34-4/h6-14H,5,15-16H2,1-4H3,(H,27,33). The predicted molar refractivity (Wildman–Crippen MR) is 129 cm³/mol. The molecule has 0 aliphatic carbocycles. The first-order chi connectivity index (χ1) is 16.8. The highest BCUT2D eigenvalue weighted by atomic mass is 16.5. The third-order valence-electron chi connectivity index (χ3n) is 6.12. The number of esters is 1. The molecule has 9 nitrogen and oxygen atoms in total. The first kappa shape index (κ1) is 24.0. The fraction of sp³-hybridized carbons (Fsp3) is 0.308. The Balaban J connectivity index is 1.73. The molecule has 0 fully saturated rings. The Bertz CT molecular complexity index is 1280. The van der Waals surface area contributed by atoms with Gasteiger partial charge in [-0.1, -0.05) is 36.4 Å². The number of hydrogen-bond donors (Lipinski definition) is 1. The number of rotatable bonds is 7. The number of methoxy groups -OCH3 is 1. The smallest absolute Gasteiger partial charge is 0.358 e. The maximum atomic E-state index is 13.8. The minimum atomic E-state index is -1.32. The van der Waals surface area contributed by atoms with Crippen molar-refractivity contribution < 1.29 is 23.9 Å². The maximum absolute atomic E-state index is 13.8. The SMILES string of the molecule is CCOC(=O)c1cc2n(n1)CC(C)(C(=O)NCc1ccccc1OC)N(c1ccccc1C)C2=O. The molecule has 0 spiro atoms. The zero-order valence-electron chi connectivity index (χ0n) is 20.2. The molecule has 3 aromatic rings. The quantitative estimate of drug-likeness (QED) is 0.526. The second kappa shape index (κ2) is 9.61.